The molecular formula is C13H23NO2. The van der Waals surface area contributed by atoms with Crippen LogP contribution >= 0.6 is 0 Å². The van der Waals surface area contributed by atoms with Crippen molar-refractivity contribution >= 4 is 5.91 Å². The molecule has 0 aliphatic heterocycles. The molecule has 0 spiro atoms. The van der Waals surface area contributed by atoms with Crippen molar-refractivity contribution in [2.24, 2.45) is 5.92 Å². The monoisotopic (exact) mass is 225 g/mol. The largest absolute Gasteiger partial charge is 0.395 e. The molecule has 92 valence electrons. The van der Waals surface area contributed by atoms with Crippen LogP contribution in [0.1, 0.15) is 51.4 Å². The molecule has 3 heteroatoms. The van der Waals surface area contributed by atoms with E-state index in [0.717, 1.165) is 25.7 Å². The first-order chi connectivity index (χ1) is 7.83. The molecule has 2 saturated carbocycles. The summed E-state index contributed by atoms with van der Waals surface area (Å²) in [6.07, 6.45) is 9.29. The Morgan fingerprint density at radius 2 is 1.62 bits per heavy atom. The SMILES string of the molecule is O=C(C1CCCC1)N(CCO)C1CCCC1. The molecule has 3 nitrogen and oxygen atoms in total. The Balaban J connectivity index is 1.96. The summed E-state index contributed by atoms with van der Waals surface area (Å²) in [5, 5.41) is 9.09. The van der Waals surface area contributed by atoms with Gasteiger partial charge in [0.15, 0.2) is 0 Å². The Hall–Kier alpha value is -0.570. The fraction of sp³-hybridized carbons (Fsp3) is 0.923. The van der Waals surface area contributed by atoms with Gasteiger partial charge in [0.2, 0.25) is 5.91 Å². The maximum Gasteiger partial charge on any atom is 0.226 e. The van der Waals surface area contributed by atoms with E-state index in [2.05, 4.69) is 0 Å². The third-order valence-corrected chi connectivity index (χ3v) is 4.09. The molecule has 0 aromatic rings. The topological polar surface area (TPSA) is 40.5 Å². The van der Waals surface area contributed by atoms with Gasteiger partial charge in [-0.25, -0.2) is 0 Å². The zero-order valence-corrected chi connectivity index (χ0v) is 10.0. The number of hydrogen-bond acceptors (Lipinski definition) is 2. The van der Waals surface area contributed by atoms with Crippen molar-refractivity contribution in [2.45, 2.75) is 57.4 Å². The van der Waals surface area contributed by atoms with Crippen LogP contribution in [-0.2, 0) is 4.79 Å². The summed E-state index contributed by atoms with van der Waals surface area (Å²) in [6.45, 7) is 0.648. The Bertz CT molecular complexity index is 230. The lowest BCUT2D eigenvalue weighted by Crippen LogP contribution is -2.43. The van der Waals surface area contributed by atoms with Gasteiger partial charge in [-0.05, 0) is 25.7 Å². The van der Waals surface area contributed by atoms with Gasteiger partial charge in [-0.1, -0.05) is 25.7 Å². The molecular weight excluding hydrogens is 202 g/mol. The summed E-state index contributed by atoms with van der Waals surface area (Å²) >= 11 is 0. The van der Waals surface area contributed by atoms with Crippen LogP contribution in [0, 0.1) is 5.92 Å². The van der Waals surface area contributed by atoms with E-state index in [4.69, 9.17) is 5.11 Å². The third kappa shape index (κ3) is 2.57. The number of rotatable bonds is 4. The first kappa shape index (κ1) is 11.9. The number of hydrogen-bond donors (Lipinski definition) is 1. The van der Waals surface area contributed by atoms with Crippen molar-refractivity contribution in [2.75, 3.05) is 13.2 Å². The fourth-order valence-corrected chi connectivity index (χ4v) is 3.20. The highest BCUT2D eigenvalue weighted by Crippen LogP contribution is 2.30. The second-order valence-corrected chi connectivity index (χ2v) is 5.17. The van der Waals surface area contributed by atoms with Crippen LogP contribution < -0.4 is 0 Å². The summed E-state index contributed by atoms with van der Waals surface area (Å²) in [5.41, 5.74) is 0. The van der Waals surface area contributed by atoms with Gasteiger partial charge in [0.1, 0.15) is 0 Å². The second-order valence-electron chi connectivity index (χ2n) is 5.17. The van der Waals surface area contributed by atoms with E-state index in [1.165, 1.54) is 25.7 Å². The van der Waals surface area contributed by atoms with Crippen molar-refractivity contribution in [1.29, 1.82) is 0 Å². The van der Waals surface area contributed by atoms with Crippen LogP contribution in [0.2, 0.25) is 0 Å². The maximum atomic E-state index is 12.3. The van der Waals surface area contributed by atoms with E-state index < -0.39 is 0 Å². The van der Waals surface area contributed by atoms with Crippen molar-refractivity contribution < 1.29 is 9.90 Å². The standard InChI is InChI=1S/C13H23NO2/c15-10-9-14(12-7-3-4-8-12)13(16)11-5-1-2-6-11/h11-12,15H,1-10H2. The highest BCUT2D eigenvalue weighted by Gasteiger charge is 2.32. The molecule has 2 aliphatic rings. The highest BCUT2D eigenvalue weighted by molar-refractivity contribution is 5.79. The lowest BCUT2D eigenvalue weighted by Gasteiger charge is -2.30. The van der Waals surface area contributed by atoms with Crippen LogP contribution in [0.25, 0.3) is 0 Å². The molecule has 0 heterocycles. The minimum atomic E-state index is 0.106. The molecule has 1 amide bonds. The smallest absolute Gasteiger partial charge is 0.226 e. The summed E-state index contributed by atoms with van der Waals surface area (Å²) < 4.78 is 0. The van der Waals surface area contributed by atoms with Crippen LogP contribution in [0.15, 0.2) is 0 Å². The van der Waals surface area contributed by atoms with Gasteiger partial charge in [0.05, 0.1) is 6.61 Å². The average Bonchev–Trinajstić information content (AvgIpc) is 2.96. The zero-order valence-electron chi connectivity index (χ0n) is 10.0. The molecule has 16 heavy (non-hydrogen) atoms. The van der Waals surface area contributed by atoms with Gasteiger partial charge >= 0.3 is 0 Å². The first-order valence-corrected chi connectivity index (χ1v) is 6.74. The van der Waals surface area contributed by atoms with E-state index in [1.54, 1.807) is 0 Å². The van der Waals surface area contributed by atoms with E-state index in [1.807, 2.05) is 4.90 Å². The normalized spacial score (nSPS) is 22.8. The molecule has 1 N–H and O–H groups in total. The fourth-order valence-electron chi connectivity index (χ4n) is 3.20. The van der Waals surface area contributed by atoms with Gasteiger partial charge in [-0.15, -0.1) is 0 Å². The van der Waals surface area contributed by atoms with Crippen LogP contribution in [0.3, 0.4) is 0 Å². The number of amides is 1. The second kappa shape index (κ2) is 5.67. The maximum absolute atomic E-state index is 12.3. The number of aliphatic hydroxyl groups is 1. The summed E-state index contributed by atoms with van der Waals surface area (Å²) in [7, 11) is 0. The summed E-state index contributed by atoms with van der Waals surface area (Å²) in [5.74, 6) is 0.575. The number of carbonyl (C=O) groups is 1. The van der Waals surface area contributed by atoms with Crippen LogP contribution in [-0.4, -0.2) is 35.1 Å². The molecule has 0 atom stereocenters. The third-order valence-electron chi connectivity index (χ3n) is 4.09. The number of aliphatic hydroxyl groups excluding tert-OH is 1. The Kier molecular flexibility index (Phi) is 4.22. The van der Waals surface area contributed by atoms with Gasteiger partial charge in [0, 0.05) is 18.5 Å². The molecule has 0 saturated heterocycles. The predicted molar refractivity (Wildman–Crippen MR) is 63.0 cm³/mol. The van der Waals surface area contributed by atoms with E-state index >= 15 is 0 Å². The van der Waals surface area contributed by atoms with Gasteiger partial charge in [-0.3, -0.25) is 4.79 Å². The molecule has 0 unspecified atom stereocenters. The van der Waals surface area contributed by atoms with Crippen molar-refractivity contribution in [3.63, 3.8) is 0 Å². The van der Waals surface area contributed by atoms with E-state index in [0.29, 0.717) is 18.5 Å². The number of nitrogens with zero attached hydrogens (tertiary/aromatic N) is 1. The Morgan fingerprint density at radius 3 is 2.19 bits per heavy atom. The van der Waals surface area contributed by atoms with Gasteiger partial charge in [0.25, 0.3) is 0 Å². The Morgan fingerprint density at radius 1 is 1.06 bits per heavy atom. The van der Waals surface area contributed by atoms with E-state index in [-0.39, 0.29) is 12.5 Å². The summed E-state index contributed by atoms with van der Waals surface area (Å²) in [6, 6.07) is 0.417. The van der Waals surface area contributed by atoms with Crippen molar-refractivity contribution in [1.82, 2.24) is 4.90 Å². The quantitative estimate of drug-likeness (QED) is 0.794. The zero-order chi connectivity index (χ0) is 11.4. The molecule has 0 aromatic carbocycles. The number of carbonyl (C=O) groups excluding carboxylic acids is 1. The first-order valence-electron chi connectivity index (χ1n) is 6.74. The Labute approximate surface area is 97.8 Å². The molecule has 2 aliphatic carbocycles. The minimum absolute atomic E-state index is 0.106. The van der Waals surface area contributed by atoms with Crippen molar-refractivity contribution in [3.05, 3.63) is 0 Å². The summed E-state index contributed by atoms with van der Waals surface area (Å²) in [4.78, 5) is 14.3. The molecule has 2 rings (SSSR count). The lowest BCUT2D eigenvalue weighted by atomic mass is 10.0. The molecule has 2 fully saturated rings. The van der Waals surface area contributed by atoms with Crippen LogP contribution in [0.5, 0.6) is 0 Å². The average molecular weight is 225 g/mol. The predicted octanol–water partition coefficient (Wildman–Crippen LogP) is 1.94. The lowest BCUT2D eigenvalue weighted by molar-refractivity contribution is -0.138. The molecule has 0 bridgehead atoms. The highest BCUT2D eigenvalue weighted by atomic mass is 16.3. The molecule has 0 aromatic heterocycles. The van der Waals surface area contributed by atoms with Gasteiger partial charge < -0.3 is 10.0 Å². The van der Waals surface area contributed by atoms with Crippen molar-refractivity contribution in [3.8, 4) is 0 Å². The van der Waals surface area contributed by atoms with Crippen LogP contribution in [0.4, 0.5) is 0 Å². The molecule has 0 radical (unpaired) electrons. The minimum Gasteiger partial charge on any atom is -0.395 e. The van der Waals surface area contributed by atoms with E-state index in [9.17, 15) is 4.79 Å². The van der Waals surface area contributed by atoms with Gasteiger partial charge in [-0.2, -0.15) is 0 Å².